The van der Waals surface area contributed by atoms with E-state index >= 15 is 8.78 Å². The summed E-state index contributed by atoms with van der Waals surface area (Å²) < 4.78 is 50.4. The van der Waals surface area contributed by atoms with Crippen LogP contribution < -0.4 is 14.8 Å². The van der Waals surface area contributed by atoms with E-state index in [0.717, 1.165) is 0 Å². The number of fused-ring (bicyclic) bond motifs is 6. The van der Waals surface area contributed by atoms with Gasteiger partial charge in [0.15, 0.2) is 11.5 Å². The predicted molar refractivity (Wildman–Crippen MR) is 165 cm³/mol. The zero-order chi connectivity index (χ0) is 33.3. The van der Waals surface area contributed by atoms with Crippen molar-refractivity contribution in [3.8, 4) is 11.6 Å². The fraction of sp³-hybridized carbons (Fsp3) is 0.676. The summed E-state index contributed by atoms with van der Waals surface area (Å²) >= 11 is 0. The molecular formula is C34H44F2N4O6. The molecular weight excluding hydrogens is 598 g/mol. The summed E-state index contributed by atoms with van der Waals surface area (Å²) in [4.78, 5) is 51.0. The lowest BCUT2D eigenvalue weighted by molar-refractivity contribution is -0.141. The lowest BCUT2D eigenvalue weighted by Gasteiger charge is -2.35. The number of methoxy groups -OCH3 is 1. The van der Waals surface area contributed by atoms with Gasteiger partial charge in [-0.3, -0.25) is 9.59 Å². The molecule has 2 aliphatic carbocycles. The Morgan fingerprint density at radius 1 is 1.17 bits per heavy atom. The Morgan fingerprint density at radius 3 is 2.57 bits per heavy atom. The van der Waals surface area contributed by atoms with E-state index in [1.165, 1.54) is 18.9 Å². The SMILES string of the molecule is CC[C@@H]1[C@@H]2CN(C(=O)[C@H](C(C)(C)C)NC(=O)O[C@]3(C)C[C@H]3CCC3CC3C(F)(F)c3nc4ccc(OC)cc4nc3O2)[C@@H]1C(C)=O. The van der Waals surface area contributed by atoms with Crippen LogP contribution in [0, 0.1) is 29.1 Å². The minimum Gasteiger partial charge on any atom is -0.497 e. The first-order chi connectivity index (χ1) is 21.6. The van der Waals surface area contributed by atoms with Gasteiger partial charge >= 0.3 is 6.09 Å². The quantitative estimate of drug-likeness (QED) is 0.456. The Morgan fingerprint density at radius 2 is 1.91 bits per heavy atom. The number of amides is 2. The molecule has 0 radical (unpaired) electrons. The van der Waals surface area contributed by atoms with E-state index in [1.54, 1.807) is 18.2 Å². The first-order valence-electron chi connectivity index (χ1n) is 16.3. The van der Waals surface area contributed by atoms with Crippen molar-refractivity contribution in [1.29, 1.82) is 0 Å². The van der Waals surface area contributed by atoms with Gasteiger partial charge in [-0.1, -0.05) is 27.7 Å². The van der Waals surface area contributed by atoms with Crippen molar-refractivity contribution in [2.24, 2.45) is 29.1 Å². The van der Waals surface area contributed by atoms with Crippen LogP contribution in [0.1, 0.15) is 79.3 Å². The predicted octanol–water partition coefficient (Wildman–Crippen LogP) is 5.65. The third kappa shape index (κ3) is 5.76. The smallest absolute Gasteiger partial charge is 0.408 e. The van der Waals surface area contributed by atoms with Crippen molar-refractivity contribution in [1.82, 2.24) is 20.2 Å². The second-order valence-electron chi connectivity index (χ2n) is 14.9. The standard InChI is InChI=1S/C34H44F2N4O6/c1-8-21-25-16-40(26(21)17(2)41)30(42)28(32(3,4)5)39-31(43)46-33(6)15-19(33)10-9-18-13-22(18)34(35,36)27-29(45-25)38-24-14-20(44-7)11-12-23(24)37-27/h11-12,14,18-19,21-22,25-26,28H,8-10,13,15-16H2,1-7H3,(H,39,43)/t18?,19-,21-,22?,25+,26-,28-,33-/m1/s1. The van der Waals surface area contributed by atoms with E-state index in [0.29, 0.717) is 43.4 Å². The average Bonchev–Trinajstić information content (AvgIpc) is 3.86. The minimum absolute atomic E-state index is 0.0388. The van der Waals surface area contributed by atoms with Gasteiger partial charge in [0.1, 0.15) is 23.5 Å². The summed E-state index contributed by atoms with van der Waals surface area (Å²) in [5.41, 5.74) is -1.38. The Bertz CT molecular complexity index is 1560. The van der Waals surface area contributed by atoms with Crippen LogP contribution in [0.3, 0.4) is 0 Å². The van der Waals surface area contributed by atoms with Gasteiger partial charge in [-0.15, -0.1) is 0 Å². The van der Waals surface area contributed by atoms with Crippen molar-refractivity contribution >= 4 is 28.8 Å². The first kappa shape index (κ1) is 32.4. The van der Waals surface area contributed by atoms with E-state index in [-0.39, 0.29) is 35.6 Å². The van der Waals surface area contributed by atoms with Crippen LogP contribution >= 0.6 is 0 Å². The number of Topliss-reactive ketones (excluding diaryl/α,β-unsaturated/α-hetero) is 1. The normalized spacial score (nSPS) is 34.1. The fourth-order valence-corrected chi connectivity index (χ4v) is 7.56. The molecule has 250 valence electrons. The molecule has 3 fully saturated rings. The van der Waals surface area contributed by atoms with Crippen LogP contribution in [0.15, 0.2) is 18.2 Å². The molecule has 46 heavy (non-hydrogen) atoms. The summed E-state index contributed by atoms with van der Waals surface area (Å²) in [7, 11) is 1.50. The molecule has 10 nitrogen and oxygen atoms in total. The molecule has 2 bridgehead atoms. The summed E-state index contributed by atoms with van der Waals surface area (Å²) in [5.74, 6) is -5.50. The number of hydrogen-bond donors (Lipinski definition) is 1. The highest BCUT2D eigenvalue weighted by atomic mass is 19.3. The number of rotatable bonds is 3. The summed E-state index contributed by atoms with van der Waals surface area (Å²) in [5, 5.41) is 2.80. The topological polar surface area (TPSA) is 120 Å². The zero-order valence-corrected chi connectivity index (χ0v) is 27.6. The Labute approximate surface area is 267 Å². The molecule has 1 aromatic carbocycles. The molecule has 8 atom stereocenters. The van der Waals surface area contributed by atoms with Crippen molar-refractivity contribution < 1.29 is 37.4 Å². The number of aromatic nitrogens is 2. The Hall–Kier alpha value is -3.57. The van der Waals surface area contributed by atoms with Crippen LogP contribution in [0.25, 0.3) is 11.0 Å². The zero-order valence-electron chi connectivity index (χ0n) is 27.6. The molecule has 2 unspecified atom stereocenters. The maximum Gasteiger partial charge on any atom is 0.408 e. The maximum absolute atomic E-state index is 16.4. The van der Waals surface area contributed by atoms with Gasteiger partial charge in [-0.05, 0) is 69.4 Å². The van der Waals surface area contributed by atoms with Gasteiger partial charge in [-0.2, -0.15) is 8.78 Å². The summed E-state index contributed by atoms with van der Waals surface area (Å²) in [6, 6.07) is 2.95. The van der Waals surface area contributed by atoms with E-state index in [1.807, 2.05) is 34.6 Å². The number of carbonyl (C=O) groups is 3. The first-order valence-corrected chi connectivity index (χ1v) is 16.3. The molecule has 2 saturated carbocycles. The molecule has 4 aliphatic rings. The number of ketones is 1. The molecule has 2 amide bonds. The highest BCUT2D eigenvalue weighted by molar-refractivity contribution is 5.92. The Balaban J connectivity index is 1.45. The van der Waals surface area contributed by atoms with Crippen LogP contribution in [0.4, 0.5) is 13.6 Å². The van der Waals surface area contributed by atoms with Gasteiger partial charge in [-0.25, -0.2) is 14.8 Å². The molecule has 0 spiro atoms. The molecule has 12 heteroatoms. The average molecular weight is 643 g/mol. The number of nitrogens with one attached hydrogen (secondary N) is 1. The fourth-order valence-electron chi connectivity index (χ4n) is 7.56. The van der Waals surface area contributed by atoms with E-state index in [4.69, 9.17) is 14.2 Å². The van der Waals surface area contributed by atoms with Crippen LogP contribution in [-0.2, 0) is 20.2 Å². The van der Waals surface area contributed by atoms with Crippen molar-refractivity contribution in [3.63, 3.8) is 0 Å². The summed E-state index contributed by atoms with van der Waals surface area (Å²) in [6.45, 7) is 10.5. The van der Waals surface area contributed by atoms with Gasteiger partial charge in [0, 0.05) is 23.8 Å². The monoisotopic (exact) mass is 642 g/mol. The lowest BCUT2D eigenvalue weighted by Crippen LogP contribution is -2.57. The van der Waals surface area contributed by atoms with E-state index < -0.39 is 64.7 Å². The second kappa shape index (κ2) is 11.3. The van der Waals surface area contributed by atoms with Crippen LogP contribution in [0.2, 0.25) is 0 Å². The second-order valence-corrected chi connectivity index (χ2v) is 14.9. The largest absolute Gasteiger partial charge is 0.497 e. The van der Waals surface area contributed by atoms with Crippen molar-refractivity contribution in [3.05, 3.63) is 23.9 Å². The maximum atomic E-state index is 16.4. The number of nitrogens with zero attached hydrogens (tertiary/aromatic N) is 3. The molecule has 2 aliphatic heterocycles. The van der Waals surface area contributed by atoms with Gasteiger partial charge in [0.05, 0.1) is 30.7 Å². The number of alkyl halides is 2. The number of halogens is 2. The van der Waals surface area contributed by atoms with Crippen LogP contribution in [0.5, 0.6) is 11.6 Å². The van der Waals surface area contributed by atoms with Crippen molar-refractivity contribution in [2.45, 2.75) is 103 Å². The van der Waals surface area contributed by atoms with Gasteiger partial charge < -0.3 is 24.4 Å². The summed E-state index contributed by atoms with van der Waals surface area (Å²) in [6.07, 6.45) is 1.06. The number of benzene rings is 1. The van der Waals surface area contributed by atoms with Crippen molar-refractivity contribution in [2.75, 3.05) is 13.7 Å². The molecule has 2 aromatic rings. The molecule has 1 N–H and O–H groups in total. The Kier molecular flexibility index (Phi) is 7.95. The van der Waals surface area contributed by atoms with Gasteiger partial charge in [0.2, 0.25) is 11.8 Å². The number of hydrogen-bond acceptors (Lipinski definition) is 8. The highest BCUT2D eigenvalue weighted by Gasteiger charge is 2.60. The van der Waals surface area contributed by atoms with E-state index in [9.17, 15) is 14.4 Å². The third-order valence-electron chi connectivity index (χ3n) is 10.5. The molecule has 1 saturated heterocycles. The minimum atomic E-state index is -3.33. The third-order valence-corrected chi connectivity index (χ3v) is 10.5. The van der Waals surface area contributed by atoms with Gasteiger partial charge in [0.25, 0.3) is 5.92 Å². The van der Waals surface area contributed by atoms with Crippen LogP contribution in [-0.4, -0.2) is 70.1 Å². The molecule has 3 heterocycles. The molecule has 6 rings (SSSR count). The highest BCUT2D eigenvalue weighted by Crippen LogP contribution is 2.59. The lowest BCUT2D eigenvalue weighted by atomic mass is 9.85. The number of alkyl carbamates (subject to hydrolysis) is 1. The number of ether oxygens (including phenoxy) is 3. The van der Waals surface area contributed by atoms with E-state index in [2.05, 4.69) is 15.3 Å². The number of carbonyl (C=O) groups excluding carboxylic acids is 3. The molecule has 1 aromatic heterocycles.